The van der Waals surface area contributed by atoms with E-state index in [1.807, 2.05) is 12.3 Å². The van der Waals surface area contributed by atoms with E-state index in [0.29, 0.717) is 6.04 Å². The standard InChI is InChI=1S/C20H30N4O/c1-15-14-22-20(18-7-13-25-19(15)18)24-11-9-23(10-12-24)8-6-16-2-4-17(21)5-3-16/h7,13-14,16-17H,2-6,8-12,21H2,1H3/t16-,17-. The van der Waals surface area contributed by atoms with Crippen molar-refractivity contribution in [2.75, 3.05) is 37.6 Å². The fraction of sp³-hybridized carbons (Fsp3) is 0.650. The zero-order valence-corrected chi connectivity index (χ0v) is 15.3. The van der Waals surface area contributed by atoms with Crippen molar-refractivity contribution < 1.29 is 4.42 Å². The lowest BCUT2D eigenvalue weighted by Gasteiger charge is -2.36. The normalized spacial score (nSPS) is 25.6. The van der Waals surface area contributed by atoms with Gasteiger partial charge in [-0.2, -0.15) is 0 Å². The highest BCUT2D eigenvalue weighted by atomic mass is 16.3. The van der Waals surface area contributed by atoms with Crippen molar-refractivity contribution in [2.24, 2.45) is 11.7 Å². The molecule has 2 aromatic rings. The van der Waals surface area contributed by atoms with E-state index < -0.39 is 0 Å². The number of fused-ring (bicyclic) bond motifs is 1. The number of aromatic nitrogens is 1. The largest absolute Gasteiger partial charge is 0.464 e. The summed E-state index contributed by atoms with van der Waals surface area (Å²) < 4.78 is 5.63. The van der Waals surface area contributed by atoms with Gasteiger partial charge in [0, 0.05) is 44.0 Å². The molecule has 5 heteroatoms. The first-order valence-electron chi connectivity index (χ1n) is 9.76. The molecule has 0 unspecified atom stereocenters. The summed E-state index contributed by atoms with van der Waals surface area (Å²) >= 11 is 0. The third-order valence-corrected chi connectivity index (χ3v) is 6.06. The first-order valence-corrected chi connectivity index (χ1v) is 9.76. The molecule has 0 spiro atoms. The monoisotopic (exact) mass is 342 g/mol. The maximum Gasteiger partial charge on any atom is 0.142 e. The van der Waals surface area contributed by atoms with Crippen LogP contribution in [-0.2, 0) is 0 Å². The van der Waals surface area contributed by atoms with Crippen molar-refractivity contribution in [3.63, 3.8) is 0 Å². The van der Waals surface area contributed by atoms with E-state index in [2.05, 4.69) is 21.7 Å². The van der Waals surface area contributed by atoms with Crippen LogP contribution in [-0.4, -0.2) is 48.6 Å². The number of aryl methyl sites for hydroxylation is 1. The van der Waals surface area contributed by atoms with Gasteiger partial charge in [0.05, 0.1) is 11.6 Å². The van der Waals surface area contributed by atoms with Crippen LogP contribution >= 0.6 is 0 Å². The molecule has 3 heterocycles. The lowest BCUT2D eigenvalue weighted by Crippen LogP contribution is -2.47. The third-order valence-electron chi connectivity index (χ3n) is 6.06. The lowest BCUT2D eigenvalue weighted by molar-refractivity contribution is 0.216. The number of hydrogen-bond donors (Lipinski definition) is 1. The van der Waals surface area contributed by atoms with Crippen LogP contribution in [0.25, 0.3) is 11.0 Å². The molecular weight excluding hydrogens is 312 g/mol. The maximum absolute atomic E-state index is 6.02. The molecule has 0 bridgehead atoms. The van der Waals surface area contributed by atoms with Gasteiger partial charge in [-0.05, 0) is 57.6 Å². The van der Waals surface area contributed by atoms with Crippen LogP contribution in [0.2, 0.25) is 0 Å². The SMILES string of the molecule is Cc1cnc(N2CCN(CC[C@H]3CC[C@H](N)CC3)CC2)c2ccoc12. The molecule has 2 fully saturated rings. The summed E-state index contributed by atoms with van der Waals surface area (Å²) in [6.45, 7) is 7.63. The van der Waals surface area contributed by atoms with Gasteiger partial charge in [0.1, 0.15) is 11.4 Å². The second-order valence-corrected chi connectivity index (χ2v) is 7.83. The third kappa shape index (κ3) is 3.67. The summed E-state index contributed by atoms with van der Waals surface area (Å²) in [6, 6.07) is 2.51. The first-order chi connectivity index (χ1) is 12.2. The van der Waals surface area contributed by atoms with Gasteiger partial charge in [0.25, 0.3) is 0 Å². The summed E-state index contributed by atoms with van der Waals surface area (Å²) in [4.78, 5) is 9.72. The molecule has 1 saturated heterocycles. The van der Waals surface area contributed by atoms with Crippen LogP contribution < -0.4 is 10.6 Å². The second kappa shape index (κ2) is 7.34. The van der Waals surface area contributed by atoms with E-state index >= 15 is 0 Å². The van der Waals surface area contributed by atoms with Crippen molar-refractivity contribution in [3.8, 4) is 0 Å². The maximum atomic E-state index is 6.02. The zero-order chi connectivity index (χ0) is 17.2. The van der Waals surface area contributed by atoms with Crippen LogP contribution in [0.5, 0.6) is 0 Å². The topological polar surface area (TPSA) is 58.5 Å². The van der Waals surface area contributed by atoms with E-state index in [4.69, 9.17) is 10.2 Å². The van der Waals surface area contributed by atoms with Crippen molar-refractivity contribution in [2.45, 2.75) is 45.1 Å². The number of piperazine rings is 1. The number of furan rings is 1. The van der Waals surface area contributed by atoms with Gasteiger partial charge in [-0.25, -0.2) is 4.98 Å². The van der Waals surface area contributed by atoms with Gasteiger partial charge >= 0.3 is 0 Å². The first kappa shape index (κ1) is 16.9. The number of hydrogen-bond acceptors (Lipinski definition) is 5. The van der Waals surface area contributed by atoms with E-state index in [1.54, 1.807) is 6.26 Å². The minimum absolute atomic E-state index is 0.460. The molecule has 2 N–H and O–H groups in total. The van der Waals surface area contributed by atoms with E-state index in [1.165, 1.54) is 38.6 Å². The molecular formula is C20H30N4O. The summed E-state index contributed by atoms with van der Waals surface area (Å²) in [7, 11) is 0. The van der Waals surface area contributed by atoms with Crippen LogP contribution in [0.4, 0.5) is 5.82 Å². The highest BCUT2D eigenvalue weighted by Crippen LogP contribution is 2.29. The number of pyridine rings is 1. The highest BCUT2D eigenvalue weighted by Gasteiger charge is 2.23. The number of nitrogens with two attached hydrogens (primary N) is 1. The quantitative estimate of drug-likeness (QED) is 0.925. The number of anilines is 1. The Labute approximate surface area is 150 Å². The zero-order valence-electron chi connectivity index (χ0n) is 15.3. The van der Waals surface area contributed by atoms with Gasteiger partial charge in [-0.1, -0.05) is 0 Å². The number of rotatable bonds is 4. The molecule has 0 aromatic carbocycles. The molecule has 2 aliphatic rings. The molecule has 0 atom stereocenters. The van der Waals surface area contributed by atoms with Gasteiger partial charge in [-0.3, -0.25) is 4.90 Å². The molecule has 2 aromatic heterocycles. The highest BCUT2D eigenvalue weighted by molar-refractivity contribution is 5.90. The Morgan fingerprint density at radius 1 is 1.16 bits per heavy atom. The van der Waals surface area contributed by atoms with Gasteiger partial charge in [0.15, 0.2) is 0 Å². The predicted octanol–water partition coefficient (Wildman–Crippen LogP) is 3.17. The average Bonchev–Trinajstić information content (AvgIpc) is 3.13. The van der Waals surface area contributed by atoms with Crippen molar-refractivity contribution in [1.29, 1.82) is 0 Å². The molecule has 0 amide bonds. The van der Waals surface area contributed by atoms with Crippen LogP contribution in [0.1, 0.15) is 37.7 Å². The van der Waals surface area contributed by atoms with Gasteiger partial charge in [-0.15, -0.1) is 0 Å². The second-order valence-electron chi connectivity index (χ2n) is 7.83. The van der Waals surface area contributed by atoms with E-state index in [0.717, 1.165) is 54.4 Å². The smallest absolute Gasteiger partial charge is 0.142 e. The Bertz CT molecular complexity index is 697. The van der Waals surface area contributed by atoms with E-state index in [9.17, 15) is 0 Å². The minimum Gasteiger partial charge on any atom is -0.464 e. The Morgan fingerprint density at radius 3 is 2.68 bits per heavy atom. The Balaban J connectivity index is 1.31. The summed E-state index contributed by atoms with van der Waals surface area (Å²) in [5.74, 6) is 1.97. The Morgan fingerprint density at radius 2 is 1.92 bits per heavy atom. The fourth-order valence-electron chi connectivity index (χ4n) is 4.35. The van der Waals surface area contributed by atoms with Crippen molar-refractivity contribution >= 4 is 16.8 Å². The van der Waals surface area contributed by atoms with Gasteiger partial charge < -0.3 is 15.1 Å². The molecule has 1 saturated carbocycles. The summed E-state index contributed by atoms with van der Waals surface area (Å²) in [6.07, 6.45) is 10.1. The summed E-state index contributed by atoms with van der Waals surface area (Å²) in [5, 5.41) is 1.15. The van der Waals surface area contributed by atoms with E-state index in [-0.39, 0.29) is 0 Å². The molecule has 1 aliphatic carbocycles. The molecule has 4 rings (SSSR count). The molecule has 0 radical (unpaired) electrons. The summed E-state index contributed by atoms with van der Waals surface area (Å²) in [5.41, 5.74) is 8.10. The molecule has 5 nitrogen and oxygen atoms in total. The Kier molecular flexibility index (Phi) is 4.95. The van der Waals surface area contributed by atoms with Crippen LogP contribution in [0.15, 0.2) is 22.9 Å². The fourth-order valence-corrected chi connectivity index (χ4v) is 4.35. The van der Waals surface area contributed by atoms with Crippen LogP contribution in [0.3, 0.4) is 0 Å². The van der Waals surface area contributed by atoms with Gasteiger partial charge in [0.2, 0.25) is 0 Å². The Hall–Kier alpha value is -1.59. The average molecular weight is 342 g/mol. The molecule has 25 heavy (non-hydrogen) atoms. The molecule has 136 valence electrons. The minimum atomic E-state index is 0.460. The van der Waals surface area contributed by atoms with Crippen molar-refractivity contribution in [3.05, 3.63) is 24.1 Å². The molecule has 1 aliphatic heterocycles. The lowest BCUT2D eigenvalue weighted by atomic mass is 9.84. The number of nitrogens with zero attached hydrogens (tertiary/aromatic N) is 3. The van der Waals surface area contributed by atoms with Crippen molar-refractivity contribution in [1.82, 2.24) is 9.88 Å². The van der Waals surface area contributed by atoms with Crippen LogP contribution in [0, 0.1) is 12.8 Å². The predicted molar refractivity (Wildman–Crippen MR) is 102 cm³/mol.